The normalized spacial score (nSPS) is 24.8. The Labute approximate surface area is 235 Å². The monoisotopic (exact) mass is 565 g/mol. The minimum atomic E-state index is -0.862. The fourth-order valence-corrected chi connectivity index (χ4v) is 9.03. The van der Waals surface area contributed by atoms with E-state index in [0.29, 0.717) is 39.3 Å². The second kappa shape index (κ2) is 9.69. The van der Waals surface area contributed by atoms with Crippen LogP contribution in [0.1, 0.15) is 83.3 Å². The fourth-order valence-electron chi connectivity index (χ4n) is 7.14. The highest BCUT2D eigenvalue weighted by molar-refractivity contribution is 7.19. The van der Waals surface area contributed by atoms with Gasteiger partial charge in [0.15, 0.2) is 0 Å². The van der Waals surface area contributed by atoms with Gasteiger partial charge in [-0.1, -0.05) is 40.5 Å². The number of aromatic carboxylic acids is 1. The van der Waals surface area contributed by atoms with Crippen LogP contribution in [0.25, 0.3) is 21.3 Å². The van der Waals surface area contributed by atoms with E-state index < -0.39 is 5.97 Å². The van der Waals surface area contributed by atoms with Crippen molar-refractivity contribution in [3.8, 4) is 11.3 Å². The molecule has 38 heavy (non-hydrogen) atoms. The summed E-state index contributed by atoms with van der Waals surface area (Å²) in [5.74, 6) is 3.41. The first kappa shape index (κ1) is 24.7. The van der Waals surface area contributed by atoms with Crippen LogP contribution in [0.5, 0.6) is 0 Å². The number of carboxylic acids is 1. The van der Waals surface area contributed by atoms with E-state index >= 15 is 0 Å². The molecule has 0 amide bonds. The number of aromatic nitrogens is 1. The lowest BCUT2D eigenvalue weighted by atomic mass is 9.77. The maximum Gasteiger partial charge on any atom is 0.335 e. The zero-order chi connectivity index (χ0) is 26.0. The summed E-state index contributed by atoms with van der Waals surface area (Å²) in [6, 6.07) is 13.4. The van der Waals surface area contributed by atoms with Gasteiger partial charge in [-0.25, -0.2) is 4.79 Å². The molecular formula is C31H29Cl2NO3S. The lowest BCUT2D eigenvalue weighted by Crippen LogP contribution is -2.18. The largest absolute Gasteiger partial charge is 0.478 e. The van der Waals surface area contributed by atoms with Gasteiger partial charge in [0.2, 0.25) is 0 Å². The number of carboxylic acid groups (broad SMARTS) is 1. The molecule has 3 aliphatic rings. The van der Waals surface area contributed by atoms with E-state index in [1.807, 2.05) is 30.3 Å². The zero-order valence-corrected chi connectivity index (χ0v) is 23.3. The van der Waals surface area contributed by atoms with E-state index in [1.54, 1.807) is 17.4 Å². The molecule has 7 heteroatoms. The smallest absolute Gasteiger partial charge is 0.335 e. The molecular weight excluding hydrogens is 537 g/mol. The highest BCUT2D eigenvalue weighted by Gasteiger charge is 2.42. The van der Waals surface area contributed by atoms with Crippen LogP contribution in [0, 0.1) is 17.8 Å². The van der Waals surface area contributed by atoms with Crippen LogP contribution < -0.4 is 0 Å². The summed E-state index contributed by atoms with van der Waals surface area (Å²) in [7, 11) is 0. The van der Waals surface area contributed by atoms with Crippen molar-refractivity contribution < 1.29 is 14.4 Å². The van der Waals surface area contributed by atoms with E-state index in [1.165, 1.54) is 41.5 Å². The Balaban J connectivity index is 1.10. The van der Waals surface area contributed by atoms with Crippen LogP contribution in [0.15, 0.2) is 47.0 Å². The fraction of sp³-hybridized carbons (Fsp3) is 0.419. The maximum atomic E-state index is 11.4. The number of fused-ring (bicyclic) bond motifs is 3. The molecule has 4 nitrogen and oxygen atoms in total. The number of rotatable bonds is 7. The highest BCUT2D eigenvalue weighted by atomic mass is 35.5. The summed E-state index contributed by atoms with van der Waals surface area (Å²) in [6.45, 7) is 0. The average Bonchev–Trinajstić information content (AvgIpc) is 3.40. The molecule has 0 spiro atoms. The molecule has 0 aliphatic heterocycles. The van der Waals surface area contributed by atoms with Crippen LogP contribution in [0.4, 0.5) is 0 Å². The van der Waals surface area contributed by atoms with Crippen molar-refractivity contribution in [2.45, 2.75) is 63.2 Å². The summed E-state index contributed by atoms with van der Waals surface area (Å²) in [5, 5.41) is 16.3. The number of nitrogens with zero attached hydrogens (tertiary/aromatic N) is 1. The van der Waals surface area contributed by atoms with Gasteiger partial charge in [0.1, 0.15) is 11.5 Å². The first-order valence-electron chi connectivity index (χ1n) is 13.6. The molecule has 3 aliphatic carbocycles. The predicted octanol–water partition coefficient (Wildman–Crippen LogP) is 9.59. The van der Waals surface area contributed by atoms with Gasteiger partial charge >= 0.3 is 5.97 Å². The van der Waals surface area contributed by atoms with Crippen molar-refractivity contribution in [2.24, 2.45) is 17.8 Å². The van der Waals surface area contributed by atoms with Crippen LogP contribution in [-0.4, -0.2) is 16.2 Å². The third-order valence-electron chi connectivity index (χ3n) is 9.02. The van der Waals surface area contributed by atoms with Gasteiger partial charge in [-0.3, -0.25) is 0 Å². The maximum absolute atomic E-state index is 11.4. The molecule has 2 aromatic heterocycles. The standard InChI is InChI=1S/C31H29Cl2NO3S/c32-24-2-1-3-25(33)28(24)29-22(30(37-34-29)18-5-6-18)9-4-16-10-17-12-21(11-16)23(13-17)27-14-19-7-8-20(31(35)36)15-26(19)38-27/h1-3,7-8,14-18,21,23H,4-6,9-13H2,(H,35,36). The lowest BCUT2D eigenvalue weighted by Gasteiger charge is -2.29. The van der Waals surface area contributed by atoms with Gasteiger partial charge in [0.25, 0.3) is 0 Å². The molecule has 0 saturated heterocycles. The van der Waals surface area contributed by atoms with Crippen molar-refractivity contribution in [1.82, 2.24) is 5.16 Å². The molecule has 2 aromatic carbocycles. The Morgan fingerprint density at radius 3 is 2.63 bits per heavy atom. The van der Waals surface area contributed by atoms with Gasteiger partial charge in [0, 0.05) is 26.6 Å². The molecule has 2 heterocycles. The molecule has 4 aromatic rings. The predicted molar refractivity (Wildman–Crippen MR) is 153 cm³/mol. The Kier molecular flexibility index (Phi) is 6.29. The molecule has 4 unspecified atom stereocenters. The summed E-state index contributed by atoms with van der Waals surface area (Å²) >= 11 is 14.9. The van der Waals surface area contributed by atoms with E-state index in [-0.39, 0.29) is 0 Å². The van der Waals surface area contributed by atoms with Crippen molar-refractivity contribution in [3.63, 3.8) is 0 Å². The molecule has 2 bridgehead atoms. The molecule has 3 fully saturated rings. The van der Waals surface area contributed by atoms with Gasteiger partial charge in [0.05, 0.1) is 15.6 Å². The van der Waals surface area contributed by atoms with Gasteiger partial charge in [-0.05, 0) is 111 Å². The van der Waals surface area contributed by atoms with Crippen LogP contribution in [-0.2, 0) is 6.42 Å². The minimum absolute atomic E-state index is 0.368. The first-order chi connectivity index (χ1) is 18.4. The third kappa shape index (κ3) is 4.47. The number of benzene rings is 2. The van der Waals surface area contributed by atoms with E-state index in [9.17, 15) is 9.90 Å². The van der Waals surface area contributed by atoms with Crippen LogP contribution in [0.3, 0.4) is 0 Å². The molecule has 0 radical (unpaired) electrons. The Bertz CT molecular complexity index is 1520. The van der Waals surface area contributed by atoms with Crippen LogP contribution in [0.2, 0.25) is 10.0 Å². The number of halogens is 2. The molecule has 3 saturated carbocycles. The number of carbonyl (C=O) groups is 1. The Hall–Kier alpha value is -2.34. The van der Waals surface area contributed by atoms with Gasteiger partial charge < -0.3 is 9.63 Å². The van der Waals surface area contributed by atoms with Gasteiger partial charge in [-0.2, -0.15) is 0 Å². The summed E-state index contributed by atoms with van der Waals surface area (Å²) in [6.07, 6.45) is 9.51. The quantitative estimate of drug-likeness (QED) is 0.242. The first-order valence-corrected chi connectivity index (χ1v) is 15.2. The number of hydrogen-bond donors (Lipinski definition) is 1. The minimum Gasteiger partial charge on any atom is -0.478 e. The van der Waals surface area contributed by atoms with E-state index in [0.717, 1.165) is 53.3 Å². The number of hydrogen-bond acceptors (Lipinski definition) is 4. The number of thiophene rings is 1. The Morgan fingerprint density at radius 2 is 1.87 bits per heavy atom. The zero-order valence-electron chi connectivity index (χ0n) is 21.0. The van der Waals surface area contributed by atoms with E-state index in [4.69, 9.17) is 27.7 Å². The molecule has 4 atom stereocenters. The van der Waals surface area contributed by atoms with Gasteiger partial charge in [-0.15, -0.1) is 11.3 Å². The molecule has 7 rings (SSSR count). The van der Waals surface area contributed by atoms with Crippen molar-refractivity contribution in [3.05, 3.63) is 74.3 Å². The van der Waals surface area contributed by atoms with Crippen molar-refractivity contribution >= 4 is 50.6 Å². The van der Waals surface area contributed by atoms with Crippen molar-refractivity contribution in [2.75, 3.05) is 0 Å². The Morgan fingerprint density at radius 1 is 1.05 bits per heavy atom. The van der Waals surface area contributed by atoms with Crippen molar-refractivity contribution in [1.29, 1.82) is 0 Å². The SMILES string of the molecule is O=C(O)c1ccc2cc(C3CC4CC(CCc5c(-c6c(Cl)cccc6Cl)noc5C5CC5)CC3C4)sc2c1. The van der Waals surface area contributed by atoms with E-state index in [2.05, 4.69) is 11.2 Å². The lowest BCUT2D eigenvalue weighted by molar-refractivity contribution is 0.0697. The second-order valence-corrected chi connectivity index (χ2v) is 13.5. The topological polar surface area (TPSA) is 63.3 Å². The average molecular weight is 567 g/mol. The summed E-state index contributed by atoms with van der Waals surface area (Å²) in [4.78, 5) is 12.9. The highest BCUT2D eigenvalue weighted by Crippen LogP contribution is 2.55. The third-order valence-corrected chi connectivity index (χ3v) is 10.9. The summed E-state index contributed by atoms with van der Waals surface area (Å²) < 4.78 is 6.99. The summed E-state index contributed by atoms with van der Waals surface area (Å²) in [5.41, 5.74) is 3.19. The molecule has 196 valence electrons. The second-order valence-electron chi connectivity index (χ2n) is 11.5. The van der Waals surface area contributed by atoms with Crippen LogP contribution >= 0.6 is 34.5 Å². The molecule has 1 N–H and O–H groups in total.